The molecule has 1 aromatic carbocycles. The molecule has 0 N–H and O–H groups in total. The number of anilines is 1. The molecule has 1 atom stereocenters. The zero-order valence-corrected chi connectivity index (χ0v) is 12.4. The van der Waals surface area contributed by atoms with Crippen LogP contribution < -0.4 is 4.90 Å². The van der Waals surface area contributed by atoms with Gasteiger partial charge in [-0.05, 0) is 22.0 Å². The quantitative estimate of drug-likeness (QED) is 0.467. The van der Waals surface area contributed by atoms with Gasteiger partial charge in [0.2, 0.25) is 11.7 Å². The minimum atomic E-state index is -1.01. The van der Waals surface area contributed by atoms with Crippen LogP contribution in [-0.4, -0.2) is 30.5 Å². The van der Waals surface area contributed by atoms with Gasteiger partial charge in [0.1, 0.15) is 0 Å². The fourth-order valence-corrected chi connectivity index (χ4v) is 2.67. The van der Waals surface area contributed by atoms with Crippen molar-refractivity contribution in [1.82, 2.24) is 0 Å². The molecule has 0 spiro atoms. The Bertz CT molecular complexity index is 636. The third kappa shape index (κ3) is 2.87. The van der Waals surface area contributed by atoms with Crippen molar-refractivity contribution in [1.29, 1.82) is 0 Å². The van der Waals surface area contributed by atoms with Gasteiger partial charge in [0.15, 0.2) is 0 Å². The lowest BCUT2D eigenvalue weighted by Gasteiger charge is -2.18. The first-order chi connectivity index (χ1) is 9.85. The molecule has 7 nitrogen and oxygen atoms in total. The van der Waals surface area contributed by atoms with Crippen LogP contribution in [0.4, 0.5) is 15.8 Å². The smallest absolute Gasteiger partial charge is 0.311 e. The summed E-state index contributed by atoms with van der Waals surface area (Å²) < 4.78 is 18.3. The van der Waals surface area contributed by atoms with E-state index in [1.807, 2.05) is 0 Å². The van der Waals surface area contributed by atoms with E-state index in [2.05, 4.69) is 20.7 Å². The van der Waals surface area contributed by atoms with Gasteiger partial charge in [-0.1, -0.05) is 0 Å². The van der Waals surface area contributed by atoms with Crippen LogP contribution in [0.25, 0.3) is 0 Å². The molecule has 1 fully saturated rings. The molecule has 9 heteroatoms. The van der Waals surface area contributed by atoms with E-state index in [1.165, 1.54) is 12.0 Å². The maximum Gasteiger partial charge on any atom is 0.311 e. The standard InChI is InChI=1S/C12H10BrFN2O5/c1-21-12(18)6-2-11(17)15(5-6)9-4-10(16(19)20)8(14)3-7(9)13/h3-4,6H,2,5H2,1H3. The third-order valence-corrected chi connectivity index (χ3v) is 3.80. The normalized spacial score (nSPS) is 18.0. The molecule has 0 bridgehead atoms. The average molecular weight is 361 g/mol. The average Bonchev–Trinajstić information content (AvgIpc) is 2.79. The van der Waals surface area contributed by atoms with Crippen LogP contribution in [0.1, 0.15) is 6.42 Å². The highest BCUT2D eigenvalue weighted by molar-refractivity contribution is 9.10. The lowest BCUT2D eigenvalue weighted by Crippen LogP contribution is -2.26. The zero-order valence-electron chi connectivity index (χ0n) is 10.8. The Kier molecular flexibility index (Phi) is 4.21. The number of ether oxygens (including phenoxy) is 1. The Labute approximate surface area is 126 Å². The summed E-state index contributed by atoms with van der Waals surface area (Å²) in [5.41, 5.74) is -0.581. The number of carbonyl (C=O) groups is 2. The van der Waals surface area contributed by atoms with Gasteiger partial charge >= 0.3 is 11.7 Å². The van der Waals surface area contributed by atoms with Crippen molar-refractivity contribution < 1.29 is 23.6 Å². The van der Waals surface area contributed by atoms with E-state index in [9.17, 15) is 24.1 Å². The molecular formula is C12H10BrFN2O5. The Hall–Kier alpha value is -2.03. The number of carbonyl (C=O) groups excluding carboxylic acids is 2. The van der Waals surface area contributed by atoms with Crippen LogP contribution in [0.5, 0.6) is 0 Å². The van der Waals surface area contributed by atoms with Crippen molar-refractivity contribution in [2.75, 3.05) is 18.6 Å². The second-order valence-electron chi connectivity index (χ2n) is 4.44. The summed E-state index contributed by atoms with van der Waals surface area (Å²) in [6.07, 6.45) is -0.0513. The zero-order chi connectivity index (χ0) is 15.7. The van der Waals surface area contributed by atoms with Crippen molar-refractivity contribution in [3.63, 3.8) is 0 Å². The molecule has 0 radical (unpaired) electrons. The molecule has 0 saturated carbocycles. The number of rotatable bonds is 3. The second kappa shape index (κ2) is 5.76. The summed E-state index contributed by atoms with van der Waals surface area (Å²) in [5, 5.41) is 10.8. The van der Waals surface area contributed by atoms with Gasteiger partial charge in [-0.25, -0.2) is 0 Å². The number of methoxy groups -OCH3 is 1. The van der Waals surface area contributed by atoms with Crippen LogP contribution in [0.3, 0.4) is 0 Å². The molecule has 0 aliphatic carbocycles. The number of nitro benzene ring substituents is 1. The topological polar surface area (TPSA) is 89.8 Å². The van der Waals surface area contributed by atoms with E-state index in [1.54, 1.807) is 0 Å². The Morgan fingerprint density at radius 3 is 2.81 bits per heavy atom. The summed E-state index contributed by atoms with van der Waals surface area (Å²) >= 11 is 3.07. The molecule has 1 aliphatic rings. The van der Waals surface area contributed by atoms with Gasteiger partial charge in [0.25, 0.3) is 0 Å². The van der Waals surface area contributed by atoms with Crippen molar-refractivity contribution in [3.05, 3.63) is 32.5 Å². The molecular weight excluding hydrogens is 351 g/mol. The lowest BCUT2D eigenvalue weighted by atomic mass is 10.1. The van der Waals surface area contributed by atoms with E-state index in [0.29, 0.717) is 0 Å². The van der Waals surface area contributed by atoms with E-state index < -0.39 is 28.3 Å². The summed E-state index contributed by atoms with van der Waals surface area (Å²) in [6.45, 7) is 0.0346. The molecule has 112 valence electrons. The first kappa shape index (κ1) is 15.4. The Balaban J connectivity index is 2.38. The van der Waals surface area contributed by atoms with E-state index >= 15 is 0 Å². The maximum atomic E-state index is 13.5. The van der Waals surface area contributed by atoms with Gasteiger partial charge in [-0.2, -0.15) is 4.39 Å². The van der Waals surface area contributed by atoms with E-state index in [-0.39, 0.29) is 29.0 Å². The third-order valence-electron chi connectivity index (χ3n) is 3.16. The Morgan fingerprint density at radius 2 is 2.24 bits per heavy atom. The van der Waals surface area contributed by atoms with Crippen molar-refractivity contribution in [3.8, 4) is 0 Å². The molecule has 1 amide bonds. The summed E-state index contributed by atoms with van der Waals surface area (Å²) in [6, 6.07) is 1.89. The van der Waals surface area contributed by atoms with Crippen LogP contribution >= 0.6 is 15.9 Å². The molecule has 1 saturated heterocycles. The summed E-state index contributed by atoms with van der Waals surface area (Å²) in [7, 11) is 1.22. The first-order valence-corrected chi connectivity index (χ1v) is 6.66. The summed E-state index contributed by atoms with van der Waals surface area (Å²) in [4.78, 5) is 34.5. The highest BCUT2D eigenvalue weighted by atomic mass is 79.9. The SMILES string of the molecule is COC(=O)C1CC(=O)N(c2cc([N+](=O)[O-])c(F)cc2Br)C1. The summed E-state index contributed by atoms with van der Waals surface area (Å²) in [5.74, 6) is -2.56. The highest BCUT2D eigenvalue weighted by Crippen LogP contribution is 2.36. The molecule has 1 heterocycles. The number of nitro groups is 1. The van der Waals surface area contributed by atoms with Crippen LogP contribution in [0.2, 0.25) is 0 Å². The van der Waals surface area contributed by atoms with Crippen LogP contribution in [0, 0.1) is 21.8 Å². The van der Waals surface area contributed by atoms with Crippen molar-refractivity contribution in [2.45, 2.75) is 6.42 Å². The van der Waals surface area contributed by atoms with Gasteiger partial charge < -0.3 is 9.64 Å². The molecule has 1 unspecified atom stereocenters. The fraction of sp³-hybridized carbons (Fsp3) is 0.333. The van der Waals surface area contributed by atoms with Crippen LogP contribution in [0.15, 0.2) is 16.6 Å². The monoisotopic (exact) mass is 360 g/mol. The fourth-order valence-electron chi connectivity index (χ4n) is 2.14. The van der Waals surface area contributed by atoms with Gasteiger partial charge in [0, 0.05) is 23.5 Å². The minimum absolute atomic E-state index is 0.0346. The lowest BCUT2D eigenvalue weighted by molar-refractivity contribution is -0.387. The number of nitrogens with zero attached hydrogens (tertiary/aromatic N) is 2. The molecule has 0 aromatic heterocycles. The van der Waals surface area contributed by atoms with Crippen molar-refractivity contribution in [2.24, 2.45) is 5.92 Å². The van der Waals surface area contributed by atoms with Gasteiger partial charge in [-0.15, -0.1) is 0 Å². The van der Waals surface area contributed by atoms with Crippen molar-refractivity contribution >= 4 is 39.2 Å². The highest BCUT2D eigenvalue weighted by Gasteiger charge is 2.37. The number of hydrogen-bond donors (Lipinski definition) is 0. The van der Waals surface area contributed by atoms with E-state index in [0.717, 1.165) is 12.1 Å². The molecule has 21 heavy (non-hydrogen) atoms. The predicted molar refractivity (Wildman–Crippen MR) is 73.2 cm³/mol. The van der Waals surface area contributed by atoms with E-state index in [4.69, 9.17) is 0 Å². The maximum absolute atomic E-state index is 13.5. The number of halogens is 2. The van der Waals surface area contributed by atoms with Crippen LogP contribution in [-0.2, 0) is 14.3 Å². The molecule has 1 aromatic rings. The van der Waals surface area contributed by atoms with Gasteiger partial charge in [-0.3, -0.25) is 19.7 Å². The molecule has 2 rings (SSSR count). The number of hydrogen-bond acceptors (Lipinski definition) is 5. The largest absolute Gasteiger partial charge is 0.469 e. The Morgan fingerprint density at radius 1 is 1.57 bits per heavy atom. The number of benzene rings is 1. The molecule has 1 aliphatic heterocycles. The number of amides is 1. The predicted octanol–water partition coefficient (Wildman–Crippen LogP) is 2.02. The minimum Gasteiger partial charge on any atom is -0.469 e. The second-order valence-corrected chi connectivity index (χ2v) is 5.30. The number of esters is 1. The first-order valence-electron chi connectivity index (χ1n) is 5.86. The van der Waals surface area contributed by atoms with Gasteiger partial charge in [0.05, 0.1) is 23.6 Å².